The van der Waals surface area contributed by atoms with Crippen LogP contribution in [0.2, 0.25) is 0 Å². The van der Waals surface area contributed by atoms with Crippen LogP contribution >= 0.6 is 7.14 Å². The molecule has 0 radical (unpaired) electrons. The van der Waals surface area contributed by atoms with Gasteiger partial charge in [0, 0.05) is 16.8 Å². The van der Waals surface area contributed by atoms with Gasteiger partial charge in [-0.05, 0) is 6.42 Å². The van der Waals surface area contributed by atoms with E-state index in [2.05, 4.69) is 6.92 Å². The van der Waals surface area contributed by atoms with Crippen molar-refractivity contribution in [2.45, 2.75) is 32.3 Å². The molecule has 2 aromatic rings. The maximum Gasteiger partial charge on any atom is 0.145 e. The van der Waals surface area contributed by atoms with Crippen molar-refractivity contribution >= 4 is 17.8 Å². The first-order valence-electron chi connectivity index (χ1n) is 7.55. The molecule has 0 aromatic heterocycles. The Morgan fingerprint density at radius 1 is 0.952 bits per heavy atom. The lowest BCUT2D eigenvalue weighted by molar-refractivity contribution is 0.184. The second-order valence-corrected chi connectivity index (χ2v) is 8.27. The van der Waals surface area contributed by atoms with Gasteiger partial charge in [-0.1, -0.05) is 80.4 Å². The van der Waals surface area contributed by atoms with Crippen molar-refractivity contribution in [1.29, 1.82) is 0 Å². The van der Waals surface area contributed by atoms with Crippen molar-refractivity contribution < 1.29 is 9.67 Å². The van der Waals surface area contributed by atoms with E-state index in [1.807, 2.05) is 60.7 Å². The third-order valence-electron chi connectivity index (χ3n) is 3.71. The summed E-state index contributed by atoms with van der Waals surface area (Å²) in [6, 6.07) is 19.1. The zero-order valence-electron chi connectivity index (χ0n) is 12.5. The summed E-state index contributed by atoms with van der Waals surface area (Å²) >= 11 is 0. The fourth-order valence-corrected chi connectivity index (χ4v) is 5.33. The Kier molecular flexibility index (Phi) is 5.78. The van der Waals surface area contributed by atoms with Crippen molar-refractivity contribution in [3.63, 3.8) is 0 Å². The van der Waals surface area contributed by atoms with E-state index in [0.717, 1.165) is 23.5 Å². The molecule has 0 amide bonds. The average Bonchev–Trinajstić information content (AvgIpc) is 2.54. The third kappa shape index (κ3) is 4.06. The fourth-order valence-electron chi connectivity index (χ4n) is 2.53. The summed E-state index contributed by atoms with van der Waals surface area (Å²) in [5.41, 5.74) is 0. The van der Waals surface area contributed by atoms with Crippen LogP contribution in [0, 0.1) is 0 Å². The normalized spacial score (nSPS) is 13.0. The number of unbranched alkanes of at least 4 members (excludes halogenated alkanes) is 1. The highest BCUT2D eigenvalue weighted by Gasteiger charge is 2.29. The van der Waals surface area contributed by atoms with Crippen LogP contribution in [0.4, 0.5) is 0 Å². The summed E-state index contributed by atoms with van der Waals surface area (Å²) in [4.78, 5) is 0. The Bertz CT molecular complexity index is 537. The predicted molar refractivity (Wildman–Crippen MR) is 90.2 cm³/mol. The van der Waals surface area contributed by atoms with Crippen molar-refractivity contribution in [1.82, 2.24) is 0 Å². The van der Waals surface area contributed by atoms with Gasteiger partial charge in [-0.25, -0.2) is 0 Å². The van der Waals surface area contributed by atoms with Gasteiger partial charge in [0.25, 0.3) is 0 Å². The minimum atomic E-state index is -2.77. The van der Waals surface area contributed by atoms with Gasteiger partial charge in [-0.3, -0.25) is 0 Å². The SMILES string of the molecule is CCCCC(O)CP(=O)(c1ccccc1)c1ccccc1. The molecule has 0 fully saturated rings. The molecule has 2 nitrogen and oxygen atoms in total. The largest absolute Gasteiger partial charge is 0.393 e. The van der Waals surface area contributed by atoms with Gasteiger partial charge < -0.3 is 9.67 Å². The maximum atomic E-state index is 13.6. The molecular weight excluding hydrogens is 279 g/mol. The topological polar surface area (TPSA) is 37.3 Å². The lowest BCUT2D eigenvalue weighted by Crippen LogP contribution is -2.24. The quantitative estimate of drug-likeness (QED) is 0.794. The summed E-state index contributed by atoms with van der Waals surface area (Å²) in [7, 11) is -2.77. The molecule has 0 heterocycles. The first-order valence-corrected chi connectivity index (χ1v) is 9.44. The third-order valence-corrected chi connectivity index (χ3v) is 6.91. The number of rotatable bonds is 7. The van der Waals surface area contributed by atoms with Gasteiger partial charge in [-0.2, -0.15) is 0 Å². The summed E-state index contributed by atoms with van der Waals surface area (Å²) in [5.74, 6) is 0. The van der Waals surface area contributed by atoms with Gasteiger partial charge in [0.05, 0.1) is 6.10 Å². The zero-order chi connectivity index (χ0) is 15.1. The van der Waals surface area contributed by atoms with Crippen LogP contribution in [-0.4, -0.2) is 17.4 Å². The van der Waals surface area contributed by atoms with Gasteiger partial charge in [0.1, 0.15) is 7.14 Å². The van der Waals surface area contributed by atoms with E-state index in [0.29, 0.717) is 12.6 Å². The van der Waals surface area contributed by atoms with Crippen molar-refractivity contribution in [2.24, 2.45) is 0 Å². The standard InChI is InChI=1S/C18H23O2P/c1-2-3-10-16(19)15-21(20,17-11-6-4-7-12-17)18-13-8-5-9-14-18/h4-9,11-14,16,19H,2-3,10,15H2,1H3. The fraction of sp³-hybridized carbons (Fsp3) is 0.333. The van der Waals surface area contributed by atoms with Crippen LogP contribution in [0.3, 0.4) is 0 Å². The van der Waals surface area contributed by atoms with Crippen molar-refractivity contribution in [2.75, 3.05) is 6.16 Å². The highest BCUT2D eigenvalue weighted by molar-refractivity contribution is 7.78. The molecule has 0 saturated heterocycles. The molecule has 2 rings (SSSR count). The van der Waals surface area contributed by atoms with Crippen LogP contribution in [0.15, 0.2) is 60.7 Å². The number of benzene rings is 2. The van der Waals surface area contributed by atoms with Crippen LogP contribution in [0.25, 0.3) is 0 Å². The molecule has 21 heavy (non-hydrogen) atoms. The van der Waals surface area contributed by atoms with Gasteiger partial charge >= 0.3 is 0 Å². The molecule has 1 unspecified atom stereocenters. The Hall–Kier alpha value is -1.37. The molecule has 0 aliphatic heterocycles. The molecule has 112 valence electrons. The molecule has 1 N–H and O–H groups in total. The monoisotopic (exact) mass is 302 g/mol. The molecule has 1 atom stereocenters. The number of hydrogen-bond donors (Lipinski definition) is 1. The van der Waals surface area contributed by atoms with E-state index in [1.165, 1.54) is 0 Å². The first kappa shape index (κ1) is 16.0. The van der Waals surface area contributed by atoms with Gasteiger partial charge in [0.15, 0.2) is 0 Å². The maximum absolute atomic E-state index is 13.6. The summed E-state index contributed by atoms with van der Waals surface area (Å²) in [5, 5.41) is 11.9. The zero-order valence-corrected chi connectivity index (χ0v) is 13.4. The van der Waals surface area contributed by atoms with Crippen LogP contribution in [0.5, 0.6) is 0 Å². The van der Waals surface area contributed by atoms with Gasteiger partial charge in [0.2, 0.25) is 0 Å². The Labute approximate surface area is 127 Å². The molecule has 3 heteroatoms. The summed E-state index contributed by atoms with van der Waals surface area (Å²) in [6.45, 7) is 2.10. The average molecular weight is 302 g/mol. The number of aliphatic hydroxyl groups excluding tert-OH is 1. The Balaban J connectivity index is 2.34. The van der Waals surface area contributed by atoms with E-state index < -0.39 is 13.2 Å². The lowest BCUT2D eigenvalue weighted by Gasteiger charge is -2.22. The molecule has 0 aliphatic rings. The minimum absolute atomic E-state index is 0.320. The Morgan fingerprint density at radius 2 is 1.43 bits per heavy atom. The van der Waals surface area contributed by atoms with E-state index in [-0.39, 0.29) is 0 Å². The van der Waals surface area contributed by atoms with E-state index in [1.54, 1.807) is 0 Å². The second kappa shape index (κ2) is 7.59. The highest BCUT2D eigenvalue weighted by atomic mass is 31.2. The molecule has 0 saturated carbocycles. The van der Waals surface area contributed by atoms with Crippen LogP contribution in [0.1, 0.15) is 26.2 Å². The van der Waals surface area contributed by atoms with Crippen molar-refractivity contribution in [3.05, 3.63) is 60.7 Å². The van der Waals surface area contributed by atoms with Crippen LogP contribution in [-0.2, 0) is 4.57 Å². The van der Waals surface area contributed by atoms with Gasteiger partial charge in [-0.15, -0.1) is 0 Å². The number of hydrogen-bond acceptors (Lipinski definition) is 2. The smallest absolute Gasteiger partial charge is 0.145 e. The molecule has 0 aliphatic carbocycles. The van der Waals surface area contributed by atoms with E-state index in [9.17, 15) is 9.67 Å². The molecule has 2 aromatic carbocycles. The minimum Gasteiger partial charge on any atom is -0.393 e. The first-order chi connectivity index (χ1) is 10.2. The molecular formula is C18H23O2P. The second-order valence-electron chi connectivity index (χ2n) is 5.39. The van der Waals surface area contributed by atoms with Crippen LogP contribution < -0.4 is 10.6 Å². The Morgan fingerprint density at radius 3 is 1.86 bits per heavy atom. The van der Waals surface area contributed by atoms with Crippen molar-refractivity contribution in [3.8, 4) is 0 Å². The lowest BCUT2D eigenvalue weighted by atomic mass is 10.2. The van der Waals surface area contributed by atoms with E-state index >= 15 is 0 Å². The number of aliphatic hydroxyl groups is 1. The summed E-state index contributed by atoms with van der Waals surface area (Å²) in [6.07, 6.45) is 2.51. The van der Waals surface area contributed by atoms with E-state index in [4.69, 9.17) is 0 Å². The molecule has 0 spiro atoms. The predicted octanol–water partition coefficient (Wildman–Crippen LogP) is 3.55. The molecule has 0 bridgehead atoms. The highest BCUT2D eigenvalue weighted by Crippen LogP contribution is 2.44. The summed E-state index contributed by atoms with van der Waals surface area (Å²) < 4.78 is 13.6.